The lowest BCUT2D eigenvalue weighted by Crippen LogP contribution is -2.08. The Hall–Kier alpha value is -0.660. The molecule has 1 N–H and O–H groups in total. The normalized spacial score (nSPS) is 12.5. The molecule has 0 amide bonds. The molecule has 0 saturated heterocycles. The molecule has 1 unspecified atom stereocenters. The van der Waals surface area contributed by atoms with Gasteiger partial charge in [0, 0.05) is 12.3 Å². The lowest BCUT2D eigenvalue weighted by Gasteiger charge is -2.07. The predicted octanol–water partition coefficient (Wildman–Crippen LogP) is 2.81. The van der Waals surface area contributed by atoms with Crippen molar-refractivity contribution in [3.8, 4) is 0 Å². The number of hydrogen-bond donors (Lipinski definition) is 1. The zero-order valence-corrected chi connectivity index (χ0v) is 8.10. The largest absolute Gasteiger partial charge is 0.313 e. The van der Waals surface area contributed by atoms with Gasteiger partial charge in [-0.25, -0.2) is 0 Å². The Balaban J connectivity index is 3.36. The van der Waals surface area contributed by atoms with E-state index in [1.54, 1.807) is 0 Å². The molecule has 0 aliphatic rings. The van der Waals surface area contributed by atoms with Crippen LogP contribution in [0.15, 0.2) is 0 Å². The number of hydrogen-bond acceptors (Lipinski definition) is 2. The fraction of sp³-hybridized carbons (Fsp3) is 0.800. The monoisotopic (exact) mass is 169 g/mol. The van der Waals surface area contributed by atoms with Gasteiger partial charge in [0.05, 0.1) is 0 Å². The Morgan fingerprint density at radius 3 is 2.67 bits per heavy atom. The number of ketones is 1. The molecule has 0 saturated carbocycles. The standard InChI is InChI=1S/C10H19NO/c1-3-10(12)9(2)7-5-4-6-8-11/h8-9,11H,3-7H2,1-2H3. The molecule has 1 atom stereocenters. The second-order valence-corrected chi connectivity index (χ2v) is 3.21. The van der Waals surface area contributed by atoms with Crippen LogP contribution in [-0.4, -0.2) is 12.0 Å². The lowest BCUT2D eigenvalue weighted by atomic mass is 9.97. The fourth-order valence-corrected chi connectivity index (χ4v) is 1.21. The fourth-order valence-electron chi connectivity index (χ4n) is 1.21. The maximum absolute atomic E-state index is 11.1. The summed E-state index contributed by atoms with van der Waals surface area (Å²) in [5.74, 6) is 0.589. The van der Waals surface area contributed by atoms with Gasteiger partial charge in [0.15, 0.2) is 0 Å². The predicted molar refractivity (Wildman–Crippen MR) is 51.7 cm³/mol. The van der Waals surface area contributed by atoms with Crippen LogP contribution in [0, 0.1) is 11.3 Å². The van der Waals surface area contributed by atoms with Crippen molar-refractivity contribution in [3.05, 3.63) is 0 Å². The van der Waals surface area contributed by atoms with Gasteiger partial charge in [-0.15, -0.1) is 0 Å². The van der Waals surface area contributed by atoms with E-state index in [1.165, 1.54) is 6.21 Å². The summed E-state index contributed by atoms with van der Waals surface area (Å²) in [6.45, 7) is 3.91. The summed E-state index contributed by atoms with van der Waals surface area (Å²) in [6.07, 6.45) is 6.05. The zero-order valence-electron chi connectivity index (χ0n) is 8.10. The van der Waals surface area contributed by atoms with Gasteiger partial charge >= 0.3 is 0 Å². The molecule has 12 heavy (non-hydrogen) atoms. The summed E-state index contributed by atoms with van der Waals surface area (Å²) in [6, 6.07) is 0. The number of Topliss-reactive ketones (excluding diaryl/α,β-unsaturated/α-hetero) is 1. The van der Waals surface area contributed by atoms with Crippen molar-refractivity contribution in [1.29, 1.82) is 5.41 Å². The molecule has 0 aliphatic heterocycles. The molecular weight excluding hydrogens is 150 g/mol. The summed E-state index contributed by atoms with van der Waals surface area (Å²) in [5, 5.41) is 6.82. The molecule has 2 heteroatoms. The van der Waals surface area contributed by atoms with E-state index in [1.807, 2.05) is 13.8 Å². The summed E-state index contributed by atoms with van der Waals surface area (Å²) in [7, 11) is 0. The molecule has 0 spiro atoms. The van der Waals surface area contributed by atoms with E-state index in [-0.39, 0.29) is 5.92 Å². The molecule has 0 fully saturated rings. The maximum atomic E-state index is 11.1. The van der Waals surface area contributed by atoms with E-state index in [2.05, 4.69) is 0 Å². The second-order valence-electron chi connectivity index (χ2n) is 3.21. The first kappa shape index (κ1) is 11.3. The molecular formula is C10H19NO. The highest BCUT2D eigenvalue weighted by molar-refractivity contribution is 5.80. The van der Waals surface area contributed by atoms with Gasteiger partial charge in [-0.2, -0.15) is 0 Å². The minimum atomic E-state index is 0.223. The molecule has 0 aromatic heterocycles. The lowest BCUT2D eigenvalue weighted by molar-refractivity contribution is -0.122. The minimum absolute atomic E-state index is 0.223. The van der Waals surface area contributed by atoms with Gasteiger partial charge < -0.3 is 5.41 Å². The summed E-state index contributed by atoms with van der Waals surface area (Å²) < 4.78 is 0. The third-order valence-electron chi connectivity index (χ3n) is 2.13. The molecule has 0 aromatic rings. The van der Waals surface area contributed by atoms with Crippen LogP contribution < -0.4 is 0 Å². The van der Waals surface area contributed by atoms with Crippen molar-refractivity contribution in [1.82, 2.24) is 0 Å². The van der Waals surface area contributed by atoms with Crippen LogP contribution in [0.3, 0.4) is 0 Å². The molecule has 0 aliphatic carbocycles. The van der Waals surface area contributed by atoms with E-state index >= 15 is 0 Å². The number of unbranched alkanes of at least 4 members (excludes halogenated alkanes) is 2. The van der Waals surface area contributed by atoms with Crippen LogP contribution in [0.2, 0.25) is 0 Å². The van der Waals surface area contributed by atoms with Crippen LogP contribution in [0.1, 0.15) is 46.0 Å². The van der Waals surface area contributed by atoms with E-state index < -0.39 is 0 Å². The quantitative estimate of drug-likeness (QED) is 0.462. The Bertz CT molecular complexity index is 143. The van der Waals surface area contributed by atoms with Gasteiger partial charge in [0.25, 0.3) is 0 Å². The highest BCUT2D eigenvalue weighted by Crippen LogP contribution is 2.11. The summed E-state index contributed by atoms with van der Waals surface area (Å²) in [5.41, 5.74) is 0. The van der Waals surface area contributed by atoms with Crippen molar-refractivity contribution in [3.63, 3.8) is 0 Å². The van der Waals surface area contributed by atoms with Gasteiger partial charge in [0.1, 0.15) is 5.78 Å². The Morgan fingerprint density at radius 1 is 1.50 bits per heavy atom. The summed E-state index contributed by atoms with van der Waals surface area (Å²) >= 11 is 0. The first-order valence-electron chi connectivity index (χ1n) is 4.74. The minimum Gasteiger partial charge on any atom is -0.313 e. The number of carbonyl (C=O) groups is 1. The molecule has 70 valence electrons. The van der Waals surface area contributed by atoms with Crippen LogP contribution in [0.5, 0.6) is 0 Å². The topological polar surface area (TPSA) is 40.9 Å². The molecule has 0 radical (unpaired) electrons. The van der Waals surface area contributed by atoms with Crippen molar-refractivity contribution < 1.29 is 4.79 Å². The van der Waals surface area contributed by atoms with Gasteiger partial charge in [-0.1, -0.05) is 20.3 Å². The Kier molecular flexibility index (Phi) is 6.63. The van der Waals surface area contributed by atoms with Gasteiger partial charge in [-0.3, -0.25) is 4.79 Å². The van der Waals surface area contributed by atoms with Crippen LogP contribution >= 0.6 is 0 Å². The SMILES string of the molecule is CCC(=O)C(C)CCCCC=N. The number of carbonyl (C=O) groups excluding carboxylic acids is 1. The zero-order chi connectivity index (χ0) is 9.40. The van der Waals surface area contributed by atoms with Crippen LogP contribution in [0.25, 0.3) is 0 Å². The smallest absolute Gasteiger partial charge is 0.135 e. The van der Waals surface area contributed by atoms with Crippen molar-refractivity contribution in [2.24, 2.45) is 5.92 Å². The molecule has 0 heterocycles. The molecule has 0 aromatic carbocycles. The average molecular weight is 169 g/mol. The van der Waals surface area contributed by atoms with Gasteiger partial charge in [0.2, 0.25) is 0 Å². The Labute approximate surface area is 74.9 Å². The third-order valence-corrected chi connectivity index (χ3v) is 2.13. The summed E-state index contributed by atoms with van der Waals surface area (Å²) in [4.78, 5) is 11.1. The Morgan fingerprint density at radius 2 is 2.17 bits per heavy atom. The molecule has 0 bridgehead atoms. The van der Waals surface area contributed by atoms with E-state index in [0.29, 0.717) is 12.2 Å². The van der Waals surface area contributed by atoms with E-state index in [4.69, 9.17) is 5.41 Å². The highest BCUT2D eigenvalue weighted by atomic mass is 16.1. The van der Waals surface area contributed by atoms with Crippen molar-refractivity contribution in [2.45, 2.75) is 46.0 Å². The van der Waals surface area contributed by atoms with Crippen LogP contribution in [-0.2, 0) is 4.79 Å². The highest BCUT2D eigenvalue weighted by Gasteiger charge is 2.08. The number of rotatable bonds is 7. The number of nitrogens with one attached hydrogen (secondary N) is 1. The van der Waals surface area contributed by atoms with E-state index in [9.17, 15) is 4.79 Å². The van der Waals surface area contributed by atoms with Gasteiger partial charge in [-0.05, 0) is 25.5 Å². The maximum Gasteiger partial charge on any atom is 0.135 e. The van der Waals surface area contributed by atoms with Crippen LogP contribution in [0.4, 0.5) is 0 Å². The van der Waals surface area contributed by atoms with Crippen molar-refractivity contribution >= 4 is 12.0 Å². The van der Waals surface area contributed by atoms with Crippen molar-refractivity contribution in [2.75, 3.05) is 0 Å². The second kappa shape index (κ2) is 7.01. The first-order valence-corrected chi connectivity index (χ1v) is 4.74. The molecule has 0 rings (SSSR count). The van der Waals surface area contributed by atoms with E-state index in [0.717, 1.165) is 25.7 Å². The third kappa shape index (κ3) is 5.05. The molecule has 2 nitrogen and oxygen atoms in total. The average Bonchev–Trinajstić information content (AvgIpc) is 2.10. The first-order chi connectivity index (χ1) is 5.72.